The first-order valence-corrected chi connectivity index (χ1v) is 11.7. The van der Waals surface area contributed by atoms with E-state index in [1.54, 1.807) is 18.2 Å². The molecule has 4 nitrogen and oxygen atoms in total. The number of ether oxygens (including phenoxy) is 2. The number of aromatic hydroxyl groups is 1. The minimum atomic E-state index is -0.404. The van der Waals surface area contributed by atoms with Gasteiger partial charge in [-0.1, -0.05) is 42.0 Å². The summed E-state index contributed by atoms with van der Waals surface area (Å²) in [6, 6.07) is 10.8. The van der Waals surface area contributed by atoms with Crippen molar-refractivity contribution in [3.05, 3.63) is 64.7 Å². The van der Waals surface area contributed by atoms with Gasteiger partial charge in [0.15, 0.2) is 0 Å². The molecule has 2 aromatic carbocycles. The molecule has 0 amide bonds. The molecule has 0 aromatic heterocycles. The van der Waals surface area contributed by atoms with Crippen LogP contribution in [-0.2, 0) is 0 Å². The Morgan fingerprint density at radius 3 is 2.66 bits per heavy atom. The van der Waals surface area contributed by atoms with Gasteiger partial charge in [0.05, 0.1) is 0 Å². The van der Waals surface area contributed by atoms with Crippen molar-refractivity contribution in [2.75, 3.05) is 0 Å². The van der Waals surface area contributed by atoms with E-state index in [-0.39, 0.29) is 28.6 Å². The number of ketones is 1. The van der Waals surface area contributed by atoms with Gasteiger partial charge in [0.2, 0.25) is 5.78 Å². The summed E-state index contributed by atoms with van der Waals surface area (Å²) >= 11 is 0. The van der Waals surface area contributed by atoms with E-state index in [1.807, 2.05) is 18.2 Å². The standard InChI is InChI=1S/C28H32O4/c1-17(2)9-8-13-28(4)20-12-14-27(3)16-19(20)23-22(31-27)15-21(29)24(26(23)32-28)25(30)18-10-6-5-7-11-18/h5-7,9-11,15,19-20,29H,8,12-14,16H2,1-4H3/t19-,20+,27-,28-/m0/s1. The first kappa shape index (κ1) is 21.1. The van der Waals surface area contributed by atoms with Crippen LogP contribution in [0, 0.1) is 5.92 Å². The molecule has 0 radical (unpaired) electrons. The van der Waals surface area contributed by atoms with Crippen molar-refractivity contribution in [3.8, 4) is 17.2 Å². The van der Waals surface area contributed by atoms with Gasteiger partial charge in [-0.3, -0.25) is 4.79 Å². The lowest BCUT2D eigenvalue weighted by Gasteiger charge is -2.56. The van der Waals surface area contributed by atoms with Crippen LogP contribution >= 0.6 is 0 Å². The fourth-order valence-electron chi connectivity index (χ4n) is 6.09. The zero-order chi connectivity index (χ0) is 22.7. The van der Waals surface area contributed by atoms with Crippen LogP contribution in [-0.4, -0.2) is 22.1 Å². The van der Waals surface area contributed by atoms with Crippen LogP contribution in [0.5, 0.6) is 17.2 Å². The maximum atomic E-state index is 13.5. The Morgan fingerprint density at radius 2 is 1.94 bits per heavy atom. The van der Waals surface area contributed by atoms with Crippen LogP contribution in [0.25, 0.3) is 0 Å². The van der Waals surface area contributed by atoms with Gasteiger partial charge in [0.1, 0.15) is 34.0 Å². The van der Waals surface area contributed by atoms with Crippen LogP contribution in [0.2, 0.25) is 0 Å². The number of phenolic OH excluding ortho intramolecular Hbond substituents is 1. The predicted octanol–water partition coefficient (Wildman–Crippen LogP) is 6.56. The first-order valence-electron chi connectivity index (χ1n) is 11.7. The SMILES string of the molecule is CC(C)=CCC[C@]1(C)Oc2c(C(=O)c3ccccc3)c(O)cc3c2[C@H]2C[C@](C)(CC[C@H]21)O3. The number of hydrogen-bond acceptors (Lipinski definition) is 4. The quantitative estimate of drug-likeness (QED) is 0.430. The van der Waals surface area contributed by atoms with E-state index >= 15 is 0 Å². The lowest BCUT2D eigenvalue weighted by molar-refractivity contribution is -0.0840. The minimum absolute atomic E-state index is 0.0683. The largest absolute Gasteiger partial charge is 0.507 e. The van der Waals surface area contributed by atoms with Gasteiger partial charge in [0, 0.05) is 29.0 Å². The van der Waals surface area contributed by atoms with Crippen molar-refractivity contribution in [3.63, 3.8) is 0 Å². The second kappa shape index (κ2) is 7.40. The third-order valence-corrected chi connectivity index (χ3v) is 7.69. The van der Waals surface area contributed by atoms with Crippen molar-refractivity contribution in [1.29, 1.82) is 0 Å². The molecule has 3 aliphatic rings. The molecule has 1 N–H and O–H groups in total. The third kappa shape index (κ3) is 3.32. The summed E-state index contributed by atoms with van der Waals surface area (Å²) in [6.45, 7) is 8.59. The molecule has 2 heterocycles. The highest BCUT2D eigenvalue weighted by Gasteiger charge is 2.56. The summed E-state index contributed by atoms with van der Waals surface area (Å²) in [7, 11) is 0. The van der Waals surface area contributed by atoms with Gasteiger partial charge in [-0.2, -0.15) is 0 Å². The number of fused-ring (bicyclic) bond motifs is 1. The van der Waals surface area contributed by atoms with E-state index in [0.717, 1.165) is 37.7 Å². The first-order chi connectivity index (χ1) is 15.2. The predicted molar refractivity (Wildman–Crippen MR) is 125 cm³/mol. The molecule has 5 rings (SSSR count). The van der Waals surface area contributed by atoms with Gasteiger partial charge < -0.3 is 14.6 Å². The normalized spacial score (nSPS) is 29.5. The molecule has 2 aromatic rings. The average molecular weight is 433 g/mol. The third-order valence-electron chi connectivity index (χ3n) is 7.69. The van der Waals surface area contributed by atoms with Gasteiger partial charge >= 0.3 is 0 Å². The molecular weight excluding hydrogens is 400 g/mol. The van der Waals surface area contributed by atoms with E-state index in [0.29, 0.717) is 23.0 Å². The molecule has 0 spiro atoms. The summed E-state index contributed by atoms with van der Waals surface area (Å²) < 4.78 is 13.2. The summed E-state index contributed by atoms with van der Waals surface area (Å²) in [5, 5.41) is 11.0. The summed E-state index contributed by atoms with van der Waals surface area (Å²) in [5.74, 6) is 1.55. The number of carbonyl (C=O) groups is 1. The van der Waals surface area contributed by atoms with Gasteiger partial charge in [0.25, 0.3) is 0 Å². The van der Waals surface area contributed by atoms with Gasteiger partial charge in [-0.25, -0.2) is 0 Å². The maximum Gasteiger partial charge on any atom is 0.200 e. The Balaban J connectivity index is 1.67. The molecule has 2 aliphatic heterocycles. The number of rotatable bonds is 5. The molecule has 4 atom stereocenters. The molecular formula is C28H32O4. The van der Waals surface area contributed by atoms with Gasteiger partial charge in [-0.15, -0.1) is 0 Å². The molecule has 0 saturated heterocycles. The molecule has 1 saturated carbocycles. The van der Waals surface area contributed by atoms with Crippen LogP contribution in [0.4, 0.5) is 0 Å². The minimum Gasteiger partial charge on any atom is -0.507 e. The van der Waals surface area contributed by atoms with Gasteiger partial charge in [-0.05, 0) is 59.8 Å². The molecule has 0 unspecified atom stereocenters. The topological polar surface area (TPSA) is 55.8 Å². The van der Waals surface area contributed by atoms with Crippen molar-refractivity contribution in [2.45, 2.75) is 76.9 Å². The number of carbonyl (C=O) groups excluding carboxylic acids is 1. The highest BCUT2D eigenvalue weighted by atomic mass is 16.5. The zero-order valence-corrected chi connectivity index (χ0v) is 19.4. The second-order valence-electron chi connectivity index (χ2n) is 10.4. The molecule has 32 heavy (non-hydrogen) atoms. The number of allylic oxidation sites excluding steroid dienone is 2. The molecule has 4 heteroatoms. The van der Waals surface area contributed by atoms with E-state index in [4.69, 9.17) is 9.47 Å². The number of phenols is 1. The number of hydrogen-bond donors (Lipinski definition) is 1. The fourth-order valence-corrected chi connectivity index (χ4v) is 6.09. The fraction of sp³-hybridized carbons (Fsp3) is 0.464. The van der Waals surface area contributed by atoms with Crippen LogP contribution in [0.15, 0.2) is 48.0 Å². The summed E-state index contributed by atoms with van der Waals surface area (Å²) in [5.41, 5.74) is 2.44. The lowest BCUT2D eigenvalue weighted by atomic mass is 9.60. The van der Waals surface area contributed by atoms with Crippen LogP contribution in [0.1, 0.15) is 87.2 Å². The van der Waals surface area contributed by atoms with Crippen molar-refractivity contribution in [2.24, 2.45) is 5.92 Å². The number of benzene rings is 2. The Morgan fingerprint density at radius 1 is 1.19 bits per heavy atom. The van der Waals surface area contributed by atoms with E-state index in [2.05, 4.69) is 33.8 Å². The highest BCUT2D eigenvalue weighted by Crippen LogP contribution is 2.62. The van der Waals surface area contributed by atoms with Crippen LogP contribution in [0.3, 0.4) is 0 Å². The zero-order valence-electron chi connectivity index (χ0n) is 19.4. The average Bonchev–Trinajstić information content (AvgIpc) is 2.72. The molecule has 1 aliphatic carbocycles. The Bertz CT molecular complexity index is 1100. The summed E-state index contributed by atoms with van der Waals surface area (Å²) in [6.07, 6.45) is 6.98. The summed E-state index contributed by atoms with van der Waals surface area (Å²) in [4.78, 5) is 13.5. The monoisotopic (exact) mass is 432 g/mol. The van der Waals surface area contributed by atoms with Crippen molar-refractivity contribution < 1.29 is 19.4 Å². The van der Waals surface area contributed by atoms with Crippen molar-refractivity contribution >= 4 is 5.78 Å². The second-order valence-corrected chi connectivity index (χ2v) is 10.4. The van der Waals surface area contributed by atoms with Crippen LogP contribution < -0.4 is 9.47 Å². The maximum absolute atomic E-state index is 13.5. The van der Waals surface area contributed by atoms with E-state index < -0.39 is 5.60 Å². The Kier molecular flexibility index (Phi) is 4.88. The van der Waals surface area contributed by atoms with E-state index in [9.17, 15) is 9.90 Å². The molecule has 1 fully saturated rings. The van der Waals surface area contributed by atoms with E-state index in [1.165, 1.54) is 5.57 Å². The molecule has 2 bridgehead atoms. The Hall–Kier alpha value is -2.75. The Labute approximate surface area is 190 Å². The lowest BCUT2D eigenvalue weighted by Crippen LogP contribution is -2.55. The smallest absolute Gasteiger partial charge is 0.200 e. The molecule has 168 valence electrons. The highest BCUT2D eigenvalue weighted by molar-refractivity contribution is 6.13. The van der Waals surface area contributed by atoms with Crippen molar-refractivity contribution in [1.82, 2.24) is 0 Å².